The maximum absolute atomic E-state index is 6.25. The molecule has 1 fully saturated rings. The van der Waals surface area contributed by atoms with Crippen molar-refractivity contribution in [1.29, 1.82) is 0 Å². The zero-order valence-electron chi connectivity index (χ0n) is 13.4. The molecule has 3 heteroatoms. The minimum Gasteiger partial charge on any atom is -0.457 e. The van der Waals surface area contributed by atoms with Crippen molar-refractivity contribution in [1.82, 2.24) is 4.90 Å². The van der Waals surface area contributed by atoms with Crippen molar-refractivity contribution in [2.75, 3.05) is 26.3 Å². The second kappa shape index (κ2) is 5.62. The fourth-order valence-corrected chi connectivity index (χ4v) is 3.93. The molecule has 3 nitrogen and oxygen atoms in total. The maximum atomic E-state index is 6.25. The molecule has 0 N–H and O–H groups in total. The summed E-state index contributed by atoms with van der Waals surface area (Å²) in [6, 6.07) is 21.5. The van der Waals surface area contributed by atoms with Crippen molar-refractivity contribution < 1.29 is 9.47 Å². The molecule has 0 aromatic heterocycles. The number of morpholine rings is 1. The highest BCUT2D eigenvalue weighted by molar-refractivity contribution is 5.89. The highest BCUT2D eigenvalue weighted by Gasteiger charge is 2.33. The molecule has 2 aliphatic heterocycles. The van der Waals surface area contributed by atoms with Gasteiger partial charge in [-0.25, -0.2) is 0 Å². The Morgan fingerprint density at radius 2 is 1.58 bits per heavy atom. The second-order valence-electron chi connectivity index (χ2n) is 6.39. The molecule has 0 aliphatic carbocycles. The van der Waals surface area contributed by atoms with E-state index in [-0.39, 0.29) is 6.04 Å². The van der Waals surface area contributed by atoms with Gasteiger partial charge in [-0.3, -0.25) is 4.90 Å². The molecule has 1 atom stereocenters. The summed E-state index contributed by atoms with van der Waals surface area (Å²) in [5, 5.41) is 2.54. The minimum atomic E-state index is 0.222. The number of nitrogens with zero attached hydrogens (tertiary/aromatic N) is 1. The van der Waals surface area contributed by atoms with E-state index < -0.39 is 0 Å². The summed E-state index contributed by atoms with van der Waals surface area (Å²) in [7, 11) is 0. The number of hydrogen-bond acceptors (Lipinski definition) is 3. The van der Waals surface area contributed by atoms with E-state index in [0.29, 0.717) is 0 Å². The molecule has 2 heterocycles. The van der Waals surface area contributed by atoms with Gasteiger partial charge in [0, 0.05) is 24.2 Å². The largest absolute Gasteiger partial charge is 0.457 e. The number of ether oxygens (including phenoxy) is 2. The predicted octanol–water partition coefficient (Wildman–Crippen LogP) is 4.37. The van der Waals surface area contributed by atoms with Crippen molar-refractivity contribution in [3.63, 3.8) is 0 Å². The second-order valence-corrected chi connectivity index (χ2v) is 6.39. The Hall–Kier alpha value is -2.36. The van der Waals surface area contributed by atoms with Crippen LogP contribution in [0.2, 0.25) is 0 Å². The molecular formula is C21H19NO2. The van der Waals surface area contributed by atoms with Gasteiger partial charge in [-0.05, 0) is 22.9 Å². The Bertz CT molecular complexity index is 899. The SMILES string of the molecule is c1ccc2c(c1)Oc1ccc3ccccc3c1C2N1CCOCC1. The lowest BCUT2D eigenvalue weighted by Crippen LogP contribution is -2.40. The van der Waals surface area contributed by atoms with Crippen LogP contribution in [0.15, 0.2) is 60.7 Å². The molecule has 5 rings (SSSR count). The topological polar surface area (TPSA) is 21.7 Å². The van der Waals surface area contributed by atoms with Gasteiger partial charge in [0.05, 0.1) is 19.3 Å². The molecule has 0 amide bonds. The minimum absolute atomic E-state index is 0.222. The molecule has 3 aromatic rings. The lowest BCUT2D eigenvalue weighted by Gasteiger charge is -2.39. The van der Waals surface area contributed by atoms with Crippen LogP contribution in [0.25, 0.3) is 10.8 Å². The Kier molecular flexibility index (Phi) is 3.28. The number of hydrogen-bond donors (Lipinski definition) is 0. The van der Waals surface area contributed by atoms with Crippen LogP contribution in [0.5, 0.6) is 11.5 Å². The Morgan fingerprint density at radius 3 is 2.50 bits per heavy atom. The summed E-state index contributed by atoms with van der Waals surface area (Å²) >= 11 is 0. The van der Waals surface area contributed by atoms with Gasteiger partial charge in [0.1, 0.15) is 11.5 Å². The lowest BCUT2D eigenvalue weighted by atomic mass is 9.89. The molecule has 1 unspecified atom stereocenters. The standard InChI is InChI=1S/C21H19NO2/c1-2-6-16-15(5-1)9-10-19-20(16)21(22-11-13-23-14-12-22)17-7-3-4-8-18(17)24-19/h1-10,21H,11-14H2. The quantitative estimate of drug-likeness (QED) is 0.665. The van der Waals surface area contributed by atoms with E-state index in [1.807, 2.05) is 6.07 Å². The van der Waals surface area contributed by atoms with Crippen molar-refractivity contribution >= 4 is 10.8 Å². The van der Waals surface area contributed by atoms with Gasteiger partial charge >= 0.3 is 0 Å². The molecule has 0 spiro atoms. The van der Waals surface area contributed by atoms with E-state index in [0.717, 1.165) is 37.8 Å². The normalized spacial score (nSPS) is 20.2. The number of rotatable bonds is 1. The summed E-state index contributed by atoms with van der Waals surface area (Å²) in [6.07, 6.45) is 0. The fourth-order valence-electron chi connectivity index (χ4n) is 3.93. The van der Waals surface area contributed by atoms with Crippen LogP contribution in [0, 0.1) is 0 Å². The summed E-state index contributed by atoms with van der Waals surface area (Å²) < 4.78 is 11.8. The van der Waals surface area contributed by atoms with Crippen LogP contribution < -0.4 is 4.74 Å². The predicted molar refractivity (Wildman–Crippen MR) is 94.7 cm³/mol. The van der Waals surface area contributed by atoms with E-state index in [1.165, 1.54) is 21.9 Å². The van der Waals surface area contributed by atoms with Gasteiger partial charge < -0.3 is 9.47 Å². The van der Waals surface area contributed by atoms with Crippen LogP contribution in [0.3, 0.4) is 0 Å². The van der Waals surface area contributed by atoms with Crippen LogP contribution >= 0.6 is 0 Å². The van der Waals surface area contributed by atoms with E-state index >= 15 is 0 Å². The van der Waals surface area contributed by atoms with Crippen LogP contribution in [0.1, 0.15) is 17.2 Å². The monoisotopic (exact) mass is 317 g/mol. The highest BCUT2D eigenvalue weighted by Crippen LogP contribution is 2.48. The Morgan fingerprint density at radius 1 is 0.792 bits per heavy atom. The van der Waals surface area contributed by atoms with Gasteiger partial charge in [0.15, 0.2) is 0 Å². The Balaban J connectivity index is 1.76. The number of fused-ring (bicyclic) bond motifs is 4. The third-order valence-electron chi connectivity index (χ3n) is 5.05. The first-order chi connectivity index (χ1) is 11.9. The van der Waals surface area contributed by atoms with Crippen molar-refractivity contribution in [2.24, 2.45) is 0 Å². The van der Waals surface area contributed by atoms with Crippen molar-refractivity contribution in [3.05, 3.63) is 71.8 Å². The van der Waals surface area contributed by atoms with Crippen LogP contribution in [-0.4, -0.2) is 31.2 Å². The molecular weight excluding hydrogens is 298 g/mol. The molecule has 1 saturated heterocycles. The lowest BCUT2D eigenvalue weighted by molar-refractivity contribution is 0.0226. The first-order valence-electron chi connectivity index (χ1n) is 8.52. The maximum Gasteiger partial charge on any atom is 0.133 e. The average Bonchev–Trinajstić information content (AvgIpc) is 2.66. The highest BCUT2D eigenvalue weighted by atomic mass is 16.5. The molecule has 3 aromatic carbocycles. The zero-order valence-corrected chi connectivity index (χ0v) is 13.4. The number of para-hydroxylation sites is 1. The number of benzene rings is 3. The zero-order chi connectivity index (χ0) is 15.9. The van der Waals surface area contributed by atoms with Crippen LogP contribution in [0.4, 0.5) is 0 Å². The van der Waals surface area contributed by atoms with E-state index in [2.05, 4.69) is 59.5 Å². The molecule has 0 radical (unpaired) electrons. The summed E-state index contributed by atoms with van der Waals surface area (Å²) in [5.41, 5.74) is 2.54. The van der Waals surface area contributed by atoms with Crippen molar-refractivity contribution in [2.45, 2.75) is 6.04 Å². The van der Waals surface area contributed by atoms with E-state index in [4.69, 9.17) is 9.47 Å². The summed E-state index contributed by atoms with van der Waals surface area (Å²) in [6.45, 7) is 3.47. The van der Waals surface area contributed by atoms with E-state index in [1.54, 1.807) is 0 Å². The van der Waals surface area contributed by atoms with E-state index in [9.17, 15) is 0 Å². The smallest absolute Gasteiger partial charge is 0.133 e. The van der Waals surface area contributed by atoms with Gasteiger partial charge in [-0.15, -0.1) is 0 Å². The fraction of sp³-hybridized carbons (Fsp3) is 0.238. The molecule has 0 saturated carbocycles. The molecule has 120 valence electrons. The molecule has 0 bridgehead atoms. The first-order valence-corrected chi connectivity index (χ1v) is 8.52. The van der Waals surface area contributed by atoms with Gasteiger partial charge in [0.2, 0.25) is 0 Å². The molecule has 2 aliphatic rings. The Labute approximate surface area is 141 Å². The first kappa shape index (κ1) is 14.0. The third-order valence-corrected chi connectivity index (χ3v) is 5.05. The third kappa shape index (κ3) is 2.13. The summed E-state index contributed by atoms with van der Waals surface area (Å²) in [5.74, 6) is 1.95. The van der Waals surface area contributed by atoms with Crippen LogP contribution in [-0.2, 0) is 4.74 Å². The average molecular weight is 317 g/mol. The van der Waals surface area contributed by atoms with Crippen molar-refractivity contribution in [3.8, 4) is 11.5 Å². The van der Waals surface area contributed by atoms with Gasteiger partial charge in [0.25, 0.3) is 0 Å². The van der Waals surface area contributed by atoms with Gasteiger partial charge in [-0.2, -0.15) is 0 Å². The molecule has 24 heavy (non-hydrogen) atoms. The summed E-state index contributed by atoms with van der Waals surface area (Å²) in [4.78, 5) is 2.52. The van der Waals surface area contributed by atoms with Gasteiger partial charge in [-0.1, -0.05) is 48.5 Å².